The van der Waals surface area contributed by atoms with Crippen molar-refractivity contribution in [2.45, 2.75) is 56.1 Å². The van der Waals surface area contributed by atoms with Crippen molar-refractivity contribution in [3.63, 3.8) is 0 Å². The molecule has 1 aromatic carbocycles. The number of rotatable bonds is 4. The molecule has 1 aliphatic carbocycles. The Morgan fingerprint density at radius 1 is 1.29 bits per heavy atom. The number of hydrogen-bond acceptors (Lipinski definition) is 2. The Balaban J connectivity index is 2.10. The van der Waals surface area contributed by atoms with Crippen molar-refractivity contribution < 1.29 is 0 Å². The number of benzene rings is 1. The second-order valence-electron chi connectivity index (χ2n) is 5.24. The van der Waals surface area contributed by atoms with Crippen LogP contribution in [0.2, 0.25) is 0 Å². The second-order valence-corrected chi connectivity index (χ2v) is 6.68. The van der Waals surface area contributed by atoms with Gasteiger partial charge in [0.1, 0.15) is 0 Å². The number of hydrogen-bond donors (Lipinski definition) is 1. The Kier molecular flexibility index (Phi) is 4.52. The van der Waals surface area contributed by atoms with Gasteiger partial charge in [-0.2, -0.15) is 0 Å². The Morgan fingerprint density at radius 2 is 2.00 bits per heavy atom. The first kappa shape index (κ1) is 13.0. The summed E-state index contributed by atoms with van der Waals surface area (Å²) in [7, 11) is 0. The summed E-state index contributed by atoms with van der Waals surface area (Å²) in [4.78, 5) is 0. The van der Waals surface area contributed by atoms with E-state index in [9.17, 15) is 0 Å². The van der Waals surface area contributed by atoms with Gasteiger partial charge in [-0.15, -0.1) is 11.8 Å². The maximum absolute atomic E-state index is 6.18. The predicted molar refractivity (Wildman–Crippen MR) is 77.4 cm³/mol. The molecule has 2 rings (SSSR count). The molecule has 0 aromatic heterocycles. The van der Waals surface area contributed by atoms with Crippen LogP contribution < -0.4 is 5.73 Å². The minimum absolute atomic E-state index is 0.224. The molecular formula is C15H23NS. The van der Waals surface area contributed by atoms with E-state index in [4.69, 9.17) is 5.73 Å². The molecule has 2 unspecified atom stereocenters. The molecule has 17 heavy (non-hydrogen) atoms. The summed E-state index contributed by atoms with van der Waals surface area (Å²) in [5, 5.41) is 1.28. The minimum Gasteiger partial charge on any atom is -0.327 e. The van der Waals surface area contributed by atoms with Crippen LogP contribution in [0.25, 0.3) is 0 Å². The van der Waals surface area contributed by atoms with Crippen molar-refractivity contribution in [2.24, 2.45) is 5.73 Å². The monoisotopic (exact) mass is 249 g/mol. The first-order chi connectivity index (χ1) is 8.16. The Bertz CT molecular complexity index is 356. The first-order valence-electron chi connectivity index (χ1n) is 6.64. The molecule has 0 amide bonds. The van der Waals surface area contributed by atoms with E-state index in [-0.39, 0.29) is 6.04 Å². The molecule has 2 heteroatoms. The van der Waals surface area contributed by atoms with Crippen LogP contribution in [0.15, 0.2) is 24.3 Å². The molecule has 0 heterocycles. The highest BCUT2D eigenvalue weighted by atomic mass is 32.2. The Labute approximate surface area is 109 Å². The molecule has 2 atom stereocenters. The third-order valence-corrected chi connectivity index (χ3v) is 5.34. The largest absolute Gasteiger partial charge is 0.327 e. The summed E-state index contributed by atoms with van der Waals surface area (Å²) < 4.78 is 0. The number of aryl methyl sites for hydroxylation is 1. The van der Waals surface area contributed by atoms with Gasteiger partial charge in [-0.05, 0) is 32.3 Å². The molecule has 0 saturated heterocycles. The molecule has 2 N–H and O–H groups in total. The lowest BCUT2D eigenvalue weighted by molar-refractivity contribution is 0.714. The average molecular weight is 249 g/mol. The van der Waals surface area contributed by atoms with E-state index in [0.717, 1.165) is 5.25 Å². The summed E-state index contributed by atoms with van der Waals surface area (Å²) >= 11 is 2.10. The van der Waals surface area contributed by atoms with Crippen molar-refractivity contribution in [2.75, 3.05) is 0 Å². The van der Waals surface area contributed by atoms with E-state index in [2.05, 4.69) is 49.9 Å². The lowest BCUT2D eigenvalue weighted by Gasteiger charge is -2.24. The zero-order valence-corrected chi connectivity index (χ0v) is 11.7. The van der Waals surface area contributed by atoms with Crippen LogP contribution in [-0.4, -0.2) is 11.3 Å². The molecule has 1 fully saturated rings. The highest BCUT2D eigenvalue weighted by molar-refractivity contribution is 8.00. The van der Waals surface area contributed by atoms with Gasteiger partial charge in [0.25, 0.3) is 0 Å². The maximum atomic E-state index is 6.18. The van der Waals surface area contributed by atoms with Gasteiger partial charge in [0.05, 0.1) is 0 Å². The molecule has 0 aliphatic heterocycles. The average Bonchev–Trinajstić information content (AvgIpc) is 2.78. The maximum Gasteiger partial charge on any atom is 0.0448 e. The predicted octanol–water partition coefficient (Wildman–Crippen LogP) is 4.06. The van der Waals surface area contributed by atoms with E-state index in [1.165, 1.54) is 36.8 Å². The van der Waals surface area contributed by atoms with Crippen LogP contribution in [-0.2, 0) is 0 Å². The van der Waals surface area contributed by atoms with E-state index < -0.39 is 0 Å². The van der Waals surface area contributed by atoms with E-state index in [1.807, 2.05) is 0 Å². The molecule has 1 nitrogen and oxygen atoms in total. The van der Waals surface area contributed by atoms with E-state index in [0.29, 0.717) is 5.25 Å². The molecule has 0 spiro atoms. The van der Waals surface area contributed by atoms with Crippen LogP contribution in [0.4, 0.5) is 0 Å². The van der Waals surface area contributed by atoms with Crippen LogP contribution in [0, 0.1) is 6.92 Å². The van der Waals surface area contributed by atoms with Crippen LogP contribution in [0.3, 0.4) is 0 Å². The summed E-state index contributed by atoms with van der Waals surface area (Å²) in [5.74, 6) is 0. The summed E-state index contributed by atoms with van der Waals surface area (Å²) in [6.45, 7) is 4.29. The molecule has 1 aromatic rings. The molecule has 0 radical (unpaired) electrons. The number of nitrogens with two attached hydrogens (primary N) is 1. The zero-order chi connectivity index (χ0) is 12.3. The minimum atomic E-state index is 0.224. The zero-order valence-electron chi connectivity index (χ0n) is 10.9. The quantitative estimate of drug-likeness (QED) is 0.871. The van der Waals surface area contributed by atoms with Gasteiger partial charge in [-0.1, -0.05) is 42.7 Å². The smallest absolute Gasteiger partial charge is 0.0448 e. The molecule has 94 valence electrons. The lowest BCUT2D eigenvalue weighted by atomic mass is 10.0. The molecule has 1 saturated carbocycles. The van der Waals surface area contributed by atoms with E-state index in [1.54, 1.807) is 0 Å². The van der Waals surface area contributed by atoms with Gasteiger partial charge in [0.2, 0.25) is 0 Å². The SMILES string of the molecule is Cc1cccc(C(SC2CCCC2)C(C)N)c1. The van der Waals surface area contributed by atoms with Crippen molar-refractivity contribution in [3.8, 4) is 0 Å². The molecule has 1 aliphatic rings. The van der Waals surface area contributed by atoms with Crippen molar-refractivity contribution in [1.82, 2.24) is 0 Å². The van der Waals surface area contributed by atoms with Gasteiger partial charge in [0.15, 0.2) is 0 Å². The van der Waals surface area contributed by atoms with Gasteiger partial charge in [-0.3, -0.25) is 0 Å². The lowest BCUT2D eigenvalue weighted by Crippen LogP contribution is -2.24. The number of thioether (sulfide) groups is 1. The van der Waals surface area contributed by atoms with Crippen LogP contribution >= 0.6 is 11.8 Å². The van der Waals surface area contributed by atoms with Gasteiger partial charge < -0.3 is 5.73 Å². The summed E-state index contributed by atoms with van der Waals surface area (Å²) in [6.07, 6.45) is 5.55. The standard InChI is InChI=1S/C15H23NS/c1-11-6-5-7-13(10-11)15(12(2)16)17-14-8-3-4-9-14/h5-7,10,12,14-15H,3-4,8-9,16H2,1-2H3. The third kappa shape index (κ3) is 3.49. The Hall–Kier alpha value is -0.470. The highest BCUT2D eigenvalue weighted by Gasteiger charge is 2.24. The normalized spacial score (nSPS) is 20.4. The molecule has 0 bridgehead atoms. The summed E-state index contributed by atoms with van der Waals surface area (Å²) in [5.41, 5.74) is 8.91. The van der Waals surface area contributed by atoms with Crippen LogP contribution in [0.1, 0.15) is 49.0 Å². The summed E-state index contributed by atoms with van der Waals surface area (Å²) in [6, 6.07) is 9.04. The van der Waals surface area contributed by atoms with Crippen molar-refractivity contribution in [1.29, 1.82) is 0 Å². The second kappa shape index (κ2) is 5.92. The fourth-order valence-electron chi connectivity index (χ4n) is 2.58. The van der Waals surface area contributed by atoms with E-state index >= 15 is 0 Å². The molecular weight excluding hydrogens is 226 g/mol. The van der Waals surface area contributed by atoms with Crippen molar-refractivity contribution in [3.05, 3.63) is 35.4 Å². The first-order valence-corrected chi connectivity index (χ1v) is 7.58. The third-order valence-electron chi connectivity index (χ3n) is 3.49. The van der Waals surface area contributed by atoms with Gasteiger partial charge in [0, 0.05) is 16.5 Å². The van der Waals surface area contributed by atoms with Gasteiger partial charge >= 0.3 is 0 Å². The van der Waals surface area contributed by atoms with Crippen LogP contribution in [0.5, 0.6) is 0 Å². The Morgan fingerprint density at radius 3 is 2.59 bits per heavy atom. The van der Waals surface area contributed by atoms with Gasteiger partial charge in [-0.25, -0.2) is 0 Å². The fraction of sp³-hybridized carbons (Fsp3) is 0.600. The van der Waals surface area contributed by atoms with Crippen molar-refractivity contribution >= 4 is 11.8 Å². The fourth-order valence-corrected chi connectivity index (χ4v) is 4.16. The topological polar surface area (TPSA) is 26.0 Å². The highest BCUT2D eigenvalue weighted by Crippen LogP contribution is 2.40.